The zero-order valence-electron chi connectivity index (χ0n) is 11.9. The van der Waals surface area contributed by atoms with E-state index in [9.17, 15) is 0 Å². The summed E-state index contributed by atoms with van der Waals surface area (Å²) >= 11 is 11.4. The molecular weight excluding hydrogens is 297 g/mol. The van der Waals surface area contributed by atoms with E-state index >= 15 is 0 Å². The van der Waals surface area contributed by atoms with E-state index in [-0.39, 0.29) is 0 Å². The van der Waals surface area contributed by atoms with Crippen molar-refractivity contribution in [3.05, 3.63) is 34.9 Å². The van der Waals surface area contributed by atoms with Gasteiger partial charge in [-0.2, -0.15) is 0 Å². The van der Waals surface area contributed by atoms with Gasteiger partial charge in [0.1, 0.15) is 11.5 Å². The molecule has 0 spiro atoms. The minimum absolute atomic E-state index is 0.581. The molecule has 0 aliphatic carbocycles. The maximum absolute atomic E-state index is 5.94. The number of halogens is 2. The van der Waals surface area contributed by atoms with Crippen LogP contribution in [0.5, 0.6) is 11.5 Å². The standard InChI is InChI=1S/C15H21Cl2NO2/c1-11-9-13(20-14(17)5-6-16)10-12(2)15(11)19-8-4-3-7-18/h5-6,9-10,14H,3-4,7-8,18H2,1-2H3. The Morgan fingerprint density at radius 3 is 2.45 bits per heavy atom. The second-order valence-electron chi connectivity index (χ2n) is 4.52. The molecule has 1 rings (SSSR count). The van der Waals surface area contributed by atoms with Gasteiger partial charge < -0.3 is 15.2 Å². The first-order valence-corrected chi connectivity index (χ1v) is 7.47. The minimum Gasteiger partial charge on any atom is -0.493 e. The first kappa shape index (κ1) is 17.2. The lowest BCUT2D eigenvalue weighted by atomic mass is 10.1. The molecule has 0 aliphatic heterocycles. The lowest BCUT2D eigenvalue weighted by Gasteiger charge is -2.15. The number of alkyl halides is 1. The van der Waals surface area contributed by atoms with Crippen LogP contribution in [0.4, 0.5) is 0 Å². The van der Waals surface area contributed by atoms with Crippen molar-refractivity contribution in [2.45, 2.75) is 32.3 Å². The van der Waals surface area contributed by atoms with Crippen molar-refractivity contribution in [3.8, 4) is 11.5 Å². The smallest absolute Gasteiger partial charge is 0.192 e. The molecule has 0 fully saturated rings. The molecule has 0 bridgehead atoms. The summed E-state index contributed by atoms with van der Waals surface area (Å²) in [6.45, 7) is 5.34. The molecule has 20 heavy (non-hydrogen) atoms. The fourth-order valence-corrected chi connectivity index (χ4v) is 2.24. The summed E-state index contributed by atoms with van der Waals surface area (Å²) in [4.78, 5) is 0. The summed E-state index contributed by atoms with van der Waals surface area (Å²) in [7, 11) is 0. The topological polar surface area (TPSA) is 44.5 Å². The van der Waals surface area contributed by atoms with Crippen LogP contribution < -0.4 is 15.2 Å². The van der Waals surface area contributed by atoms with E-state index in [1.165, 1.54) is 5.54 Å². The predicted octanol–water partition coefficient (Wildman–Crippen LogP) is 4.12. The highest BCUT2D eigenvalue weighted by atomic mass is 35.5. The van der Waals surface area contributed by atoms with Gasteiger partial charge >= 0.3 is 0 Å². The zero-order valence-corrected chi connectivity index (χ0v) is 13.4. The summed E-state index contributed by atoms with van der Waals surface area (Å²) in [5.41, 5.74) is 8.26. The largest absolute Gasteiger partial charge is 0.493 e. The predicted molar refractivity (Wildman–Crippen MR) is 85.0 cm³/mol. The van der Waals surface area contributed by atoms with Crippen LogP contribution in [0.25, 0.3) is 0 Å². The molecule has 0 saturated carbocycles. The van der Waals surface area contributed by atoms with Gasteiger partial charge in [-0.05, 0) is 62.6 Å². The van der Waals surface area contributed by atoms with Gasteiger partial charge in [0.05, 0.1) is 6.61 Å². The average molecular weight is 318 g/mol. The summed E-state index contributed by atoms with van der Waals surface area (Å²) in [6.07, 6.45) is 3.49. The third-order valence-electron chi connectivity index (χ3n) is 2.75. The van der Waals surface area contributed by atoms with Crippen LogP contribution in [-0.4, -0.2) is 18.7 Å². The maximum Gasteiger partial charge on any atom is 0.192 e. The van der Waals surface area contributed by atoms with Gasteiger partial charge in [0.15, 0.2) is 5.56 Å². The molecule has 0 radical (unpaired) electrons. The average Bonchev–Trinajstić information content (AvgIpc) is 2.37. The molecule has 1 aromatic carbocycles. The molecule has 0 heterocycles. The molecule has 0 aromatic heterocycles. The van der Waals surface area contributed by atoms with Gasteiger partial charge in [-0.3, -0.25) is 0 Å². The number of aryl methyl sites for hydroxylation is 2. The molecular formula is C15H21Cl2NO2. The van der Waals surface area contributed by atoms with Crippen molar-refractivity contribution in [1.29, 1.82) is 0 Å². The van der Waals surface area contributed by atoms with Crippen LogP contribution in [0.15, 0.2) is 23.7 Å². The zero-order chi connectivity index (χ0) is 15.0. The number of ether oxygens (including phenoxy) is 2. The first-order chi connectivity index (χ1) is 9.58. The molecule has 112 valence electrons. The van der Waals surface area contributed by atoms with E-state index in [1.54, 1.807) is 6.08 Å². The number of nitrogens with two attached hydrogens (primary N) is 1. The summed E-state index contributed by atoms with van der Waals surface area (Å²) in [5, 5.41) is 0. The molecule has 2 N–H and O–H groups in total. The minimum atomic E-state index is -0.581. The van der Waals surface area contributed by atoms with Gasteiger partial charge in [-0.15, -0.1) is 0 Å². The van der Waals surface area contributed by atoms with Crippen molar-refractivity contribution in [1.82, 2.24) is 0 Å². The highest BCUT2D eigenvalue weighted by Crippen LogP contribution is 2.29. The van der Waals surface area contributed by atoms with E-state index in [1.807, 2.05) is 26.0 Å². The molecule has 1 aromatic rings. The Labute approximate surface area is 130 Å². The van der Waals surface area contributed by atoms with E-state index in [2.05, 4.69) is 0 Å². The summed E-state index contributed by atoms with van der Waals surface area (Å²) in [5.74, 6) is 1.59. The van der Waals surface area contributed by atoms with Crippen molar-refractivity contribution < 1.29 is 9.47 Å². The third-order valence-corrected chi connectivity index (χ3v) is 3.13. The lowest BCUT2D eigenvalue weighted by Crippen LogP contribution is -2.07. The van der Waals surface area contributed by atoms with E-state index in [0.29, 0.717) is 18.9 Å². The quantitative estimate of drug-likeness (QED) is 0.579. The second kappa shape index (κ2) is 9.11. The molecule has 5 heteroatoms. The number of benzene rings is 1. The van der Waals surface area contributed by atoms with Crippen LogP contribution in [0.3, 0.4) is 0 Å². The Morgan fingerprint density at radius 1 is 1.25 bits per heavy atom. The Bertz CT molecular complexity index is 426. The molecule has 0 saturated heterocycles. The van der Waals surface area contributed by atoms with Gasteiger partial charge in [0.2, 0.25) is 0 Å². The van der Waals surface area contributed by atoms with E-state index in [0.717, 1.165) is 29.7 Å². The van der Waals surface area contributed by atoms with Gasteiger partial charge in [-0.25, -0.2) is 0 Å². The van der Waals surface area contributed by atoms with E-state index < -0.39 is 5.56 Å². The van der Waals surface area contributed by atoms with Gasteiger partial charge in [0.25, 0.3) is 0 Å². The Balaban J connectivity index is 2.70. The van der Waals surface area contributed by atoms with Crippen molar-refractivity contribution in [2.75, 3.05) is 13.2 Å². The first-order valence-electron chi connectivity index (χ1n) is 6.60. The lowest BCUT2D eigenvalue weighted by molar-refractivity contribution is 0.300. The maximum atomic E-state index is 5.94. The fraction of sp³-hybridized carbons (Fsp3) is 0.467. The number of hydrogen-bond acceptors (Lipinski definition) is 3. The Kier molecular flexibility index (Phi) is 7.82. The number of hydrogen-bond donors (Lipinski definition) is 1. The monoisotopic (exact) mass is 317 g/mol. The van der Waals surface area contributed by atoms with Crippen LogP contribution in [0.1, 0.15) is 24.0 Å². The summed E-state index contributed by atoms with van der Waals surface area (Å²) < 4.78 is 11.3. The fourth-order valence-electron chi connectivity index (χ4n) is 1.85. The molecule has 1 atom stereocenters. The van der Waals surface area contributed by atoms with Crippen LogP contribution in [0, 0.1) is 13.8 Å². The normalized spacial score (nSPS) is 12.7. The van der Waals surface area contributed by atoms with Gasteiger partial charge in [-0.1, -0.05) is 23.2 Å². The Morgan fingerprint density at radius 2 is 1.90 bits per heavy atom. The van der Waals surface area contributed by atoms with Crippen molar-refractivity contribution in [3.63, 3.8) is 0 Å². The Hall–Kier alpha value is -0.900. The highest BCUT2D eigenvalue weighted by molar-refractivity contribution is 6.27. The summed E-state index contributed by atoms with van der Waals surface area (Å²) in [6, 6.07) is 3.81. The van der Waals surface area contributed by atoms with Crippen LogP contribution in [-0.2, 0) is 0 Å². The van der Waals surface area contributed by atoms with Crippen LogP contribution >= 0.6 is 23.2 Å². The molecule has 0 amide bonds. The SMILES string of the molecule is Cc1cc(OC(Cl)C=CCl)cc(C)c1OCCCCN. The molecule has 0 aliphatic rings. The molecule has 1 unspecified atom stereocenters. The number of unbranched alkanes of at least 4 members (excludes halogenated alkanes) is 1. The van der Waals surface area contributed by atoms with Gasteiger partial charge in [0, 0.05) is 5.54 Å². The third kappa shape index (κ3) is 5.61. The van der Waals surface area contributed by atoms with Crippen LogP contribution in [0.2, 0.25) is 0 Å². The van der Waals surface area contributed by atoms with Crippen molar-refractivity contribution in [2.24, 2.45) is 5.73 Å². The molecule has 3 nitrogen and oxygen atoms in total. The highest BCUT2D eigenvalue weighted by Gasteiger charge is 2.09. The van der Waals surface area contributed by atoms with E-state index in [4.69, 9.17) is 38.4 Å². The number of rotatable bonds is 8. The second-order valence-corrected chi connectivity index (χ2v) is 5.20. The van der Waals surface area contributed by atoms with Crippen molar-refractivity contribution >= 4 is 23.2 Å².